The molecule has 0 spiro atoms. The lowest BCUT2D eigenvalue weighted by atomic mass is 9.99. The number of aliphatic carboxylic acids is 1. The molecule has 2 aromatic carbocycles. The Morgan fingerprint density at radius 2 is 1.27 bits per heavy atom. The van der Waals surface area contributed by atoms with E-state index < -0.39 is 52.2 Å². The number of halogens is 1. The van der Waals surface area contributed by atoms with Gasteiger partial charge in [-0.05, 0) is 63.6 Å². The number of carbonyl (C=O) groups excluding carboxylic acids is 3. The number of benzene rings is 2. The summed E-state index contributed by atoms with van der Waals surface area (Å²) in [6.07, 6.45) is 1.99. The summed E-state index contributed by atoms with van der Waals surface area (Å²) < 4.78 is -0.559. The Morgan fingerprint density at radius 1 is 0.780 bits per heavy atom. The van der Waals surface area contributed by atoms with Crippen LogP contribution in [0.1, 0.15) is 50.7 Å². The fraction of sp³-hybridized carbons (Fsp3) is 0.467. The molecule has 0 aliphatic heterocycles. The van der Waals surface area contributed by atoms with Crippen molar-refractivity contribution in [2.24, 2.45) is 11.5 Å². The van der Waals surface area contributed by atoms with Crippen molar-refractivity contribution in [2.75, 3.05) is 6.54 Å². The van der Waals surface area contributed by atoms with Gasteiger partial charge < -0.3 is 32.5 Å². The van der Waals surface area contributed by atoms with Crippen molar-refractivity contribution in [3.8, 4) is 0 Å². The molecule has 0 bridgehead atoms. The summed E-state index contributed by atoms with van der Waals surface area (Å²) in [7, 11) is 0. The van der Waals surface area contributed by atoms with Crippen molar-refractivity contribution >= 4 is 39.6 Å². The Morgan fingerprint density at radius 3 is 1.78 bits per heavy atom. The summed E-state index contributed by atoms with van der Waals surface area (Å²) in [5, 5.41) is 17.7. The number of hydrogen-bond acceptors (Lipinski definition) is 6. The summed E-state index contributed by atoms with van der Waals surface area (Å²) in [5.74, 6) is -2.88. The molecule has 3 amide bonds. The first kappa shape index (κ1) is 33.9. The second-order valence-electron chi connectivity index (χ2n) is 10.7. The van der Waals surface area contributed by atoms with Gasteiger partial charge in [-0.3, -0.25) is 14.4 Å². The van der Waals surface area contributed by atoms with Crippen LogP contribution in [0.4, 0.5) is 0 Å². The molecule has 0 fully saturated rings. The molecule has 0 saturated heterocycles. The van der Waals surface area contributed by atoms with Crippen LogP contribution in [0.3, 0.4) is 0 Å². The molecular formula is C30H42BrN5O5. The topological polar surface area (TPSA) is 177 Å². The third-order valence-electron chi connectivity index (χ3n) is 6.43. The van der Waals surface area contributed by atoms with Gasteiger partial charge in [-0.1, -0.05) is 76.6 Å². The Kier molecular flexibility index (Phi) is 13.9. The van der Waals surface area contributed by atoms with Gasteiger partial charge >= 0.3 is 5.97 Å². The minimum Gasteiger partial charge on any atom is -0.480 e. The van der Waals surface area contributed by atoms with E-state index >= 15 is 0 Å². The van der Waals surface area contributed by atoms with E-state index in [-0.39, 0.29) is 25.7 Å². The van der Waals surface area contributed by atoms with Crippen molar-refractivity contribution in [3.05, 3.63) is 71.8 Å². The molecule has 0 aromatic heterocycles. The van der Waals surface area contributed by atoms with Gasteiger partial charge in [0.25, 0.3) is 0 Å². The van der Waals surface area contributed by atoms with Crippen LogP contribution in [0.25, 0.3) is 0 Å². The van der Waals surface area contributed by atoms with Crippen molar-refractivity contribution in [1.82, 2.24) is 16.0 Å². The van der Waals surface area contributed by atoms with Crippen molar-refractivity contribution in [1.29, 1.82) is 0 Å². The van der Waals surface area contributed by atoms with Gasteiger partial charge in [0.05, 0.1) is 6.04 Å². The largest absolute Gasteiger partial charge is 0.480 e. The number of nitrogens with one attached hydrogen (secondary N) is 3. The lowest BCUT2D eigenvalue weighted by molar-refractivity contribution is -0.142. The first-order chi connectivity index (χ1) is 19.4. The van der Waals surface area contributed by atoms with Gasteiger partial charge in [0.15, 0.2) is 0 Å². The first-order valence-electron chi connectivity index (χ1n) is 13.8. The summed E-state index contributed by atoms with van der Waals surface area (Å²) in [4.78, 5) is 51.7. The molecule has 11 heteroatoms. The van der Waals surface area contributed by atoms with E-state index in [1.807, 2.05) is 74.5 Å². The zero-order valence-corrected chi connectivity index (χ0v) is 25.2. The third-order valence-corrected chi connectivity index (χ3v) is 6.76. The molecule has 10 nitrogen and oxygen atoms in total. The standard InChI is InChI=1S/C30H42BrN5O5/c1-30(2,31)19-25(28(39)34-23(29(40)41)15-9-10-16-32)36-27(38)24(18-21-13-7-4-8-14-21)35-26(37)22(33)17-20-11-5-3-6-12-20/h3-8,11-14,22-25H,9-10,15-19,32-33H2,1-2H3,(H,34,39)(H,35,37)(H,36,38)(H,40,41)/t22-,23-,24-,25-/m1/s1. The van der Waals surface area contributed by atoms with Crippen LogP contribution in [0.2, 0.25) is 0 Å². The minimum atomic E-state index is -1.17. The maximum absolute atomic E-state index is 13.6. The van der Waals surface area contributed by atoms with Crippen LogP contribution in [-0.2, 0) is 32.0 Å². The number of carboxylic acids is 1. The zero-order valence-electron chi connectivity index (χ0n) is 23.6. The zero-order chi connectivity index (χ0) is 30.4. The normalized spacial score (nSPS) is 14.3. The number of unbranched alkanes of at least 4 members (excludes halogenated alkanes) is 1. The Hall–Kier alpha value is -3.28. The van der Waals surface area contributed by atoms with Gasteiger partial charge in [0.2, 0.25) is 17.7 Å². The molecular weight excluding hydrogens is 590 g/mol. The molecule has 0 aliphatic rings. The Balaban J connectivity index is 2.22. The highest BCUT2D eigenvalue weighted by Gasteiger charge is 2.33. The number of alkyl halides is 1. The van der Waals surface area contributed by atoms with Gasteiger partial charge in [0, 0.05) is 10.7 Å². The molecule has 41 heavy (non-hydrogen) atoms. The number of carboxylic acid groups (broad SMARTS) is 1. The average molecular weight is 633 g/mol. The number of hydrogen-bond donors (Lipinski definition) is 6. The van der Waals surface area contributed by atoms with Crippen LogP contribution < -0.4 is 27.4 Å². The molecule has 0 heterocycles. The lowest BCUT2D eigenvalue weighted by Gasteiger charge is -2.28. The monoisotopic (exact) mass is 631 g/mol. The van der Waals surface area contributed by atoms with Crippen LogP contribution in [-0.4, -0.2) is 63.8 Å². The minimum absolute atomic E-state index is 0.166. The molecule has 4 atom stereocenters. The van der Waals surface area contributed by atoms with E-state index in [1.165, 1.54) is 0 Å². The molecule has 224 valence electrons. The van der Waals surface area contributed by atoms with E-state index in [9.17, 15) is 24.3 Å². The second kappa shape index (κ2) is 16.9. The van der Waals surface area contributed by atoms with Gasteiger partial charge in [0.1, 0.15) is 18.1 Å². The quantitative estimate of drug-likeness (QED) is 0.114. The fourth-order valence-electron chi connectivity index (χ4n) is 4.29. The molecule has 0 radical (unpaired) electrons. The molecule has 0 aliphatic carbocycles. The predicted octanol–water partition coefficient (Wildman–Crippen LogP) is 2.03. The van der Waals surface area contributed by atoms with E-state index in [1.54, 1.807) is 0 Å². The summed E-state index contributed by atoms with van der Waals surface area (Å²) in [5.41, 5.74) is 13.4. The van der Waals surface area contributed by atoms with Crippen molar-refractivity contribution in [2.45, 2.75) is 80.9 Å². The van der Waals surface area contributed by atoms with Gasteiger partial charge in [-0.15, -0.1) is 0 Å². The van der Waals surface area contributed by atoms with Gasteiger partial charge in [-0.2, -0.15) is 0 Å². The van der Waals surface area contributed by atoms with Crippen LogP contribution in [0, 0.1) is 0 Å². The molecule has 2 aromatic rings. The van der Waals surface area contributed by atoms with Crippen molar-refractivity contribution in [3.63, 3.8) is 0 Å². The SMILES string of the molecule is CC(C)(Br)C[C@@H](NC(=O)[C@@H](Cc1ccccc1)NC(=O)[C@H](N)Cc1ccccc1)C(=O)N[C@H](CCCCN)C(=O)O. The maximum Gasteiger partial charge on any atom is 0.326 e. The highest BCUT2D eigenvalue weighted by molar-refractivity contribution is 9.10. The Labute approximate surface area is 250 Å². The van der Waals surface area contributed by atoms with Gasteiger partial charge in [-0.25, -0.2) is 4.79 Å². The summed E-state index contributed by atoms with van der Waals surface area (Å²) >= 11 is 3.52. The predicted molar refractivity (Wildman–Crippen MR) is 162 cm³/mol. The number of rotatable bonds is 17. The first-order valence-corrected chi connectivity index (χ1v) is 14.5. The number of amides is 3. The van der Waals surface area contributed by atoms with Crippen LogP contribution >= 0.6 is 15.9 Å². The van der Waals surface area contributed by atoms with Crippen LogP contribution in [0.5, 0.6) is 0 Å². The summed E-state index contributed by atoms with van der Waals surface area (Å²) in [6.45, 7) is 4.09. The average Bonchev–Trinajstić information content (AvgIpc) is 2.92. The van der Waals surface area contributed by atoms with Crippen LogP contribution in [0.15, 0.2) is 60.7 Å². The van der Waals surface area contributed by atoms with E-state index in [4.69, 9.17) is 11.5 Å². The number of carbonyl (C=O) groups is 4. The smallest absolute Gasteiger partial charge is 0.326 e. The maximum atomic E-state index is 13.6. The lowest BCUT2D eigenvalue weighted by Crippen LogP contribution is -2.58. The second-order valence-corrected chi connectivity index (χ2v) is 12.9. The highest BCUT2D eigenvalue weighted by Crippen LogP contribution is 2.23. The Bertz CT molecular complexity index is 1130. The number of nitrogens with two attached hydrogens (primary N) is 2. The third kappa shape index (κ3) is 12.8. The highest BCUT2D eigenvalue weighted by atomic mass is 79.9. The molecule has 0 saturated carbocycles. The fourth-order valence-corrected chi connectivity index (χ4v) is 4.61. The summed E-state index contributed by atoms with van der Waals surface area (Å²) in [6, 6.07) is 14.4. The van der Waals surface area contributed by atoms with E-state index in [2.05, 4.69) is 31.9 Å². The molecule has 0 unspecified atom stereocenters. The van der Waals surface area contributed by atoms with Crippen molar-refractivity contribution < 1.29 is 24.3 Å². The van der Waals surface area contributed by atoms with E-state index in [0.29, 0.717) is 19.4 Å². The van der Waals surface area contributed by atoms with E-state index in [0.717, 1.165) is 11.1 Å². The molecule has 2 rings (SSSR count). The molecule has 8 N–H and O–H groups in total.